The number of H-pyrrole nitrogens is 1. The number of nitrogens with zero attached hydrogens (tertiary/aromatic N) is 1. The van der Waals surface area contributed by atoms with Crippen LogP contribution < -0.4 is 0 Å². The fraction of sp³-hybridized carbons (Fsp3) is 0.278. The Morgan fingerprint density at radius 1 is 1.00 bits per heavy atom. The van der Waals surface area contributed by atoms with E-state index in [1.165, 1.54) is 5.39 Å². The number of carbonyl (C=O) groups is 1. The zero-order valence-electron chi connectivity index (χ0n) is 12.5. The topological polar surface area (TPSA) is 36.1 Å². The molecule has 0 fully saturated rings. The number of rotatable bonds is 5. The maximum Gasteiger partial charge on any atom is 0.178 e. The molecule has 1 N–H and O–H groups in total. The number of Topliss-reactive ketones (excluding diaryl/α,β-unsaturated/α-hetero) is 1. The molecule has 3 aromatic rings. The molecule has 3 nitrogen and oxygen atoms in total. The third-order valence-corrected chi connectivity index (χ3v) is 4.10. The molecule has 0 saturated carbocycles. The monoisotopic (exact) mass is 280 g/mol. The van der Waals surface area contributed by atoms with E-state index < -0.39 is 0 Å². The summed E-state index contributed by atoms with van der Waals surface area (Å²) in [6.07, 6.45) is 0. The van der Waals surface area contributed by atoms with Crippen LogP contribution in [-0.4, -0.2) is 35.3 Å². The van der Waals surface area contributed by atoms with Gasteiger partial charge in [-0.3, -0.25) is 9.69 Å². The van der Waals surface area contributed by atoms with Crippen molar-refractivity contribution in [1.82, 2.24) is 9.88 Å². The van der Waals surface area contributed by atoms with Gasteiger partial charge in [-0.05, 0) is 25.2 Å². The first-order valence-electron chi connectivity index (χ1n) is 7.49. The number of hydrogen-bond acceptors (Lipinski definition) is 2. The summed E-state index contributed by atoms with van der Waals surface area (Å²) < 4.78 is 0. The van der Waals surface area contributed by atoms with E-state index in [-0.39, 0.29) is 5.78 Å². The van der Waals surface area contributed by atoms with Gasteiger partial charge in [0.05, 0.1) is 12.1 Å². The van der Waals surface area contributed by atoms with Crippen molar-refractivity contribution >= 4 is 27.6 Å². The summed E-state index contributed by atoms with van der Waals surface area (Å²) in [4.78, 5) is 18.1. The zero-order valence-corrected chi connectivity index (χ0v) is 12.5. The minimum Gasteiger partial charge on any atom is -0.354 e. The Hall–Kier alpha value is -2.13. The fourth-order valence-electron chi connectivity index (χ4n) is 2.84. The van der Waals surface area contributed by atoms with Crippen LogP contribution in [-0.2, 0) is 0 Å². The highest BCUT2D eigenvalue weighted by Crippen LogP contribution is 2.27. The van der Waals surface area contributed by atoms with Crippen molar-refractivity contribution in [3.63, 3.8) is 0 Å². The SMILES string of the molecule is CCN(CC)CC(=O)c1cccc2c1[nH]c1ccccc12. The third kappa shape index (κ3) is 2.45. The van der Waals surface area contributed by atoms with Crippen molar-refractivity contribution in [3.05, 3.63) is 48.0 Å². The summed E-state index contributed by atoms with van der Waals surface area (Å²) in [6, 6.07) is 14.1. The van der Waals surface area contributed by atoms with Gasteiger partial charge >= 0.3 is 0 Å². The first kappa shape index (κ1) is 13.8. The molecule has 0 bridgehead atoms. The maximum atomic E-state index is 12.6. The molecule has 0 aliphatic carbocycles. The second kappa shape index (κ2) is 5.70. The van der Waals surface area contributed by atoms with Gasteiger partial charge in [-0.2, -0.15) is 0 Å². The predicted molar refractivity (Wildman–Crippen MR) is 87.9 cm³/mol. The Kier molecular flexibility index (Phi) is 3.76. The Morgan fingerprint density at radius 3 is 2.48 bits per heavy atom. The Balaban J connectivity index is 2.08. The summed E-state index contributed by atoms with van der Waals surface area (Å²) in [5, 5.41) is 2.29. The fourth-order valence-corrected chi connectivity index (χ4v) is 2.84. The first-order chi connectivity index (χ1) is 10.2. The van der Waals surface area contributed by atoms with Crippen LogP contribution in [0.15, 0.2) is 42.5 Å². The van der Waals surface area contributed by atoms with Crippen LogP contribution in [0.1, 0.15) is 24.2 Å². The summed E-state index contributed by atoms with van der Waals surface area (Å²) in [6.45, 7) is 6.43. The number of benzene rings is 2. The van der Waals surface area contributed by atoms with Gasteiger partial charge in [-0.25, -0.2) is 0 Å². The molecule has 21 heavy (non-hydrogen) atoms. The summed E-state index contributed by atoms with van der Waals surface area (Å²) in [5.41, 5.74) is 2.82. The normalized spacial score (nSPS) is 11.6. The summed E-state index contributed by atoms with van der Waals surface area (Å²) >= 11 is 0. The Bertz CT molecular complexity index is 784. The first-order valence-corrected chi connectivity index (χ1v) is 7.49. The number of carbonyl (C=O) groups excluding carboxylic acids is 1. The molecule has 1 heterocycles. The van der Waals surface area contributed by atoms with Gasteiger partial charge in [-0.15, -0.1) is 0 Å². The highest BCUT2D eigenvalue weighted by Gasteiger charge is 2.15. The molecule has 1 aromatic heterocycles. The Labute approximate surface area is 124 Å². The van der Waals surface area contributed by atoms with Crippen molar-refractivity contribution < 1.29 is 4.79 Å². The van der Waals surface area contributed by atoms with Crippen molar-refractivity contribution in [2.75, 3.05) is 19.6 Å². The highest BCUT2D eigenvalue weighted by atomic mass is 16.1. The van der Waals surface area contributed by atoms with E-state index in [9.17, 15) is 4.79 Å². The molecule has 0 unspecified atom stereocenters. The minimum absolute atomic E-state index is 0.177. The van der Waals surface area contributed by atoms with Crippen molar-refractivity contribution in [3.8, 4) is 0 Å². The molecule has 0 saturated heterocycles. The summed E-state index contributed by atoms with van der Waals surface area (Å²) in [7, 11) is 0. The van der Waals surface area contributed by atoms with E-state index >= 15 is 0 Å². The molecule has 0 atom stereocenters. The number of aromatic nitrogens is 1. The lowest BCUT2D eigenvalue weighted by Gasteiger charge is -2.16. The lowest BCUT2D eigenvalue weighted by atomic mass is 10.1. The van der Waals surface area contributed by atoms with Crippen molar-refractivity contribution in [1.29, 1.82) is 0 Å². The van der Waals surface area contributed by atoms with Crippen LogP contribution in [0.5, 0.6) is 0 Å². The molecule has 0 amide bonds. The van der Waals surface area contributed by atoms with E-state index in [1.807, 2.05) is 30.3 Å². The smallest absolute Gasteiger partial charge is 0.178 e. The standard InChI is InChI=1S/C18H20N2O/c1-3-20(4-2)12-17(21)15-10-7-9-14-13-8-5-6-11-16(13)19-18(14)15/h5-11,19H,3-4,12H2,1-2H3. The molecule has 0 spiro atoms. The molecule has 3 heteroatoms. The largest absolute Gasteiger partial charge is 0.354 e. The van der Waals surface area contributed by atoms with Gasteiger partial charge < -0.3 is 4.98 Å². The number of hydrogen-bond donors (Lipinski definition) is 1. The van der Waals surface area contributed by atoms with E-state index in [0.717, 1.165) is 35.1 Å². The van der Waals surface area contributed by atoms with E-state index in [4.69, 9.17) is 0 Å². The Morgan fingerprint density at radius 2 is 1.71 bits per heavy atom. The molecular weight excluding hydrogens is 260 g/mol. The lowest BCUT2D eigenvalue weighted by molar-refractivity contribution is 0.0939. The molecule has 0 aliphatic heterocycles. The maximum absolute atomic E-state index is 12.6. The highest BCUT2D eigenvalue weighted by molar-refractivity contribution is 6.15. The van der Waals surface area contributed by atoms with Crippen molar-refractivity contribution in [2.45, 2.75) is 13.8 Å². The second-order valence-corrected chi connectivity index (χ2v) is 5.28. The van der Waals surface area contributed by atoms with Gasteiger partial charge in [0.15, 0.2) is 5.78 Å². The van der Waals surface area contributed by atoms with Gasteiger partial charge in [0.25, 0.3) is 0 Å². The van der Waals surface area contributed by atoms with E-state index in [0.29, 0.717) is 6.54 Å². The summed E-state index contributed by atoms with van der Waals surface area (Å²) in [5.74, 6) is 0.177. The number of para-hydroxylation sites is 2. The van der Waals surface area contributed by atoms with E-state index in [1.54, 1.807) is 0 Å². The van der Waals surface area contributed by atoms with Gasteiger partial charge in [0, 0.05) is 21.9 Å². The average Bonchev–Trinajstić information content (AvgIpc) is 2.91. The molecule has 2 aromatic carbocycles. The lowest BCUT2D eigenvalue weighted by Crippen LogP contribution is -2.29. The number of ketones is 1. The molecule has 0 radical (unpaired) electrons. The van der Waals surface area contributed by atoms with Crippen LogP contribution >= 0.6 is 0 Å². The van der Waals surface area contributed by atoms with Crippen LogP contribution in [0, 0.1) is 0 Å². The second-order valence-electron chi connectivity index (χ2n) is 5.28. The van der Waals surface area contributed by atoms with Gasteiger partial charge in [0.1, 0.15) is 0 Å². The van der Waals surface area contributed by atoms with E-state index in [2.05, 4.69) is 35.9 Å². The number of fused-ring (bicyclic) bond motifs is 3. The molecule has 108 valence electrons. The molecule has 0 aliphatic rings. The minimum atomic E-state index is 0.177. The predicted octanol–water partition coefficient (Wildman–Crippen LogP) is 3.85. The van der Waals surface area contributed by atoms with Crippen LogP contribution in [0.2, 0.25) is 0 Å². The average molecular weight is 280 g/mol. The van der Waals surface area contributed by atoms with Crippen LogP contribution in [0.3, 0.4) is 0 Å². The van der Waals surface area contributed by atoms with Crippen molar-refractivity contribution in [2.24, 2.45) is 0 Å². The zero-order chi connectivity index (χ0) is 14.8. The van der Waals surface area contributed by atoms with Crippen LogP contribution in [0.25, 0.3) is 21.8 Å². The number of likely N-dealkylation sites (N-methyl/N-ethyl adjacent to an activating group) is 1. The molecule has 3 rings (SSSR count). The van der Waals surface area contributed by atoms with Gasteiger partial charge in [0.2, 0.25) is 0 Å². The van der Waals surface area contributed by atoms with Gasteiger partial charge in [-0.1, -0.05) is 44.2 Å². The number of nitrogens with one attached hydrogen (secondary N) is 1. The molecular formula is C18H20N2O. The number of aromatic amines is 1. The van der Waals surface area contributed by atoms with Crippen LogP contribution in [0.4, 0.5) is 0 Å². The third-order valence-electron chi connectivity index (χ3n) is 4.10. The quantitative estimate of drug-likeness (QED) is 0.721.